The third kappa shape index (κ3) is 4.30. The summed E-state index contributed by atoms with van der Waals surface area (Å²) in [5.74, 6) is 0.551. The van der Waals surface area contributed by atoms with Gasteiger partial charge < -0.3 is 9.88 Å². The number of hydrogen-bond donors (Lipinski definition) is 1. The second-order valence-electron chi connectivity index (χ2n) is 5.66. The van der Waals surface area contributed by atoms with Crippen molar-refractivity contribution in [3.8, 4) is 0 Å². The highest BCUT2D eigenvalue weighted by atomic mass is 16.1. The van der Waals surface area contributed by atoms with E-state index in [1.54, 1.807) is 12.1 Å². The zero-order chi connectivity index (χ0) is 15.2. The van der Waals surface area contributed by atoms with Crippen molar-refractivity contribution in [1.82, 2.24) is 9.88 Å². The fourth-order valence-corrected chi connectivity index (χ4v) is 2.42. The van der Waals surface area contributed by atoms with Crippen molar-refractivity contribution < 1.29 is 0 Å². The molecule has 1 aromatic heterocycles. The van der Waals surface area contributed by atoms with Gasteiger partial charge >= 0.3 is 0 Å². The Balaban J connectivity index is 2.17. The molecule has 1 atom stereocenters. The van der Waals surface area contributed by atoms with Gasteiger partial charge in [0.25, 0.3) is 0 Å². The van der Waals surface area contributed by atoms with Crippen LogP contribution in [0.5, 0.6) is 0 Å². The van der Waals surface area contributed by atoms with Gasteiger partial charge in [0.1, 0.15) is 0 Å². The van der Waals surface area contributed by atoms with Crippen LogP contribution in [0.25, 0.3) is 0 Å². The summed E-state index contributed by atoms with van der Waals surface area (Å²) in [7, 11) is 0. The van der Waals surface area contributed by atoms with E-state index in [1.807, 2.05) is 17.0 Å². The summed E-state index contributed by atoms with van der Waals surface area (Å²) in [4.78, 5) is 11.2. The lowest BCUT2D eigenvalue weighted by molar-refractivity contribution is 0.473. The predicted octanol–water partition coefficient (Wildman–Crippen LogP) is 3.32. The molecule has 1 heterocycles. The summed E-state index contributed by atoms with van der Waals surface area (Å²) in [5, 5.41) is 3.51. The molecule has 3 nitrogen and oxygen atoms in total. The molecule has 0 radical (unpaired) electrons. The van der Waals surface area contributed by atoms with Crippen molar-refractivity contribution in [2.75, 3.05) is 6.54 Å². The number of hydrogen-bond acceptors (Lipinski definition) is 2. The summed E-state index contributed by atoms with van der Waals surface area (Å²) >= 11 is 0. The molecule has 0 saturated carbocycles. The molecule has 2 rings (SSSR count). The molecule has 0 aliphatic rings. The zero-order valence-electron chi connectivity index (χ0n) is 13.0. The molecule has 0 saturated heterocycles. The minimum Gasteiger partial charge on any atom is -0.352 e. The highest BCUT2D eigenvalue weighted by Crippen LogP contribution is 2.20. The van der Waals surface area contributed by atoms with E-state index in [0.29, 0.717) is 5.92 Å². The molecule has 0 aliphatic carbocycles. The van der Waals surface area contributed by atoms with Gasteiger partial charge in [0, 0.05) is 31.1 Å². The Kier molecular flexibility index (Phi) is 5.34. The van der Waals surface area contributed by atoms with Gasteiger partial charge in [-0.2, -0.15) is 0 Å². The third-order valence-corrected chi connectivity index (χ3v) is 3.71. The van der Waals surface area contributed by atoms with E-state index in [4.69, 9.17) is 0 Å². The maximum absolute atomic E-state index is 11.2. The normalized spacial score (nSPS) is 12.6. The molecule has 2 aromatic rings. The first-order chi connectivity index (χ1) is 10.1. The first kappa shape index (κ1) is 15.5. The Bertz CT molecular complexity index is 593. The van der Waals surface area contributed by atoms with Crippen molar-refractivity contribution >= 4 is 0 Å². The molecule has 1 N–H and O–H groups in total. The SMILES string of the molecule is CCNC(Cn1ccc(=O)cc1)c1ccc(C(C)C)cc1. The van der Waals surface area contributed by atoms with Crippen LogP contribution in [0.4, 0.5) is 0 Å². The summed E-state index contributed by atoms with van der Waals surface area (Å²) in [5.41, 5.74) is 2.69. The Morgan fingerprint density at radius 1 is 1.00 bits per heavy atom. The first-order valence-electron chi connectivity index (χ1n) is 7.59. The van der Waals surface area contributed by atoms with E-state index in [1.165, 1.54) is 11.1 Å². The van der Waals surface area contributed by atoms with Crippen molar-refractivity contribution in [2.24, 2.45) is 0 Å². The van der Waals surface area contributed by atoms with E-state index in [0.717, 1.165) is 13.1 Å². The summed E-state index contributed by atoms with van der Waals surface area (Å²) < 4.78 is 2.05. The van der Waals surface area contributed by atoms with Crippen LogP contribution in [0, 0.1) is 0 Å². The minimum atomic E-state index is 0.0486. The Hall–Kier alpha value is -1.87. The molecule has 21 heavy (non-hydrogen) atoms. The molecular formula is C18H24N2O. The molecule has 0 spiro atoms. The fourth-order valence-electron chi connectivity index (χ4n) is 2.42. The number of benzene rings is 1. The highest BCUT2D eigenvalue weighted by Gasteiger charge is 2.11. The van der Waals surface area contributed by atoms with Crippen LogP contribution in [-0.2, 0) is 6.54 Å². The molecular weight excluding hydrogens is 260 g/mol. The van der Waals surface area contributed by atoms with E-state index in [-0.39, 0.29) is 11.5 Å². The number of nitrogens with one attached hydrogen (secondary N) is 1. The molecule has 1 unspecified atom stereocenters. The minimum absolute atomic E-state index is 0.0486. The van der Waals surface area contributed by atoms with Crippen molar-refractivity contribution in [3.63, 3.8) is 0 Å². The number of likely N-dealkylation sites (N-methyl/N-ethyl adjacent to an activating group) is 1. The van der Waals surface area contributed by atoms with Gasteiger partial charge in [-0.25, -0.2) is 0 Å². The average molecular weight is 284 g/mol. The average Bonchev–Trinajstić information content (AvgIpc) is 2.49. The fraction of sp³-hybridized carbons (Fsp3) is 0.389. The second-order valence-corrected chi connectivity index (χ2v) is 5.66. The van der Waals surface area contributed by atoms with E-state index in [2.05, 4.69) is 50.4 Å². The monoisotopic (exact) mass is 284 g/mol. The number of pyridine rings is 1. The van der Waals surface area contributed by atoms with Crippen LogP contribution in [0.15, 0.2) is 53.6 Å². The maximum atomic E-state index is 11.2. The zero-order valence-corrected chi connectivity index (χ0v) is 13.0. The number of nitrogens with zero attached hydrogens (tertiary/aromatic N) is 1. The van der Waals surface area contributed by atoms with Crippen molar-refractivity contribution in [1.29, 1.82) is 0 Å². The highest BCUT2D eigenvalue weighted by molar-refractivity contribution is 5.27. The molecule has 0 aliphatic heterocycles. The lowest BCUT2D eigenvalue weighted by atomic mass is 9.99. The predicted molar refractivity (Wildman–Crippen MR) is 87.7 cm³/mol. The van der Waals surface area contributed by atoms with Crippen LogP contribution in [0.1, 0.15) is 43.9 Å². The Morgan fingerprint density at radius 3 is 2.10 bits per heavy atom. The third-order valence-electron chi connectivity index (χ3n) is 3.71. The van der Waals surface area contributed by atoms with Gasteiger partial charge in [0.2, 0.25) is 0 Å². The second kappa shape index (κ2) is 7.23. The topological polar surface area (TPSA) is 34.0 Å². The molecule has 3 heteroatoms. The summed E-state index contributed by atoms with van der Waals surface area (Å²) in [6, 6.07) is 12.3. The first-order valence-corrected chi connectivity index (χ1v) is 7.59. The summed E-state index contributed by atoms with van der Waals surface area (Å²) in [6.45, 7) is 8.25. The van der Waals surface area contributed by atoms with Gasteiger partial charge in [-0.1, -0.05) is 45.0 Å². The van der Waals surface area contributed by atoms with E-state index in [9.17, 15) is 4.79 Å². The Morgan fingerprint density at radius 2 is 1.57 bits per heavy atom. The quantitative estimate of drug-likeness (QED) is 0.883. The van der Waals surface area contributed by atoms with Crippen molar-refractivity contribution in [3.05, 3.63) is 70.1 Å². The Labute approximate surface area is 126 Å². The van der Waals surface area contributed by atoms with Gasteiger partial charge in [0.05, 0.1) is 6.04 Å². The lowest BCUT2D eigenvalue weighted by Gasteiger charge is -2.20. The van der Waals surface area contributed by atoms with Gasteiger partial charge in [0.15, 0.2) is 5.43 Å². The van der Waals surface area contributed by atoms with Crippen LogP contribution < -0.4 is 10.7 Å². The van der Waals surface area contributed by atoms with Crippen LogP contribution in [-0.4, -0.2) is 11.1 Å². The smallest absolute Gasteiger partial charge is 0.181 e. The lowest BCUT2D eigenvalue weighted by Crippen LogP contribution is -2.25. The number of aromatic nitrogens is 1. The molecule has 0 fully saturated rings. The largest absolute Gasteiger partial charge is 0.352 e. The standard InChI is InChI=1S/C18H24N2O/c1-4-19-18(13-20-11-9-17(21)10-12-20)16-7-5-15(6-8-16)14(2)3/h5-12,14,18-19H,4,13H2,1-3H3. The molecule has 0 amide bonds. The van der Waals surface area contributed by atoms with Gasteiger partial charge in [-0.3, -0.25) is 4.79 Å². The molecule has 112 valence electrons. The van der Waals surface area contributed by atoms with Crippen LogP contribution >= 0.6 is 0 Å². The van der Waals surface area contributed by atoms with E-state index < -0.39 is 0 Å². The molecule has 1 aromatic carbocycles. The van der Waals surface area contributed by atoms with Crippen LogP contribution in [0.2, 0.25) is 0 Å². The van der Waals surface area contributed by atoms with Crippen molar-refractivity contribution in [2.45, 2.75) is 39.3 Å². The van der Waals surface area contributed by atoms with Gasteiger partial charge in [-0.15, -0.1) is 0 Å². The van der Waals surface area contributed by atoms with E-state index >= 15 is 0 Å². The summed E-state index contributed by atoms with van der Waals surface area (Å²) in [6.07, 6.45) is 3.68. The van der Waals surface area contributed by atoms with Gasteiger partial charge in [-0.05, 0) is 23.6 Å². The molecule has 0 bridgehead atoms. The number of rotatable bonds is 6. The van der Waals surface area contributed by atoms with Crippen LogP contribution in [0.3, 0.4) is 0 Å². The maximum Gasteiger partial charge on any atom is 0.181 e.